The summed E-state index contributed by atoms with van der Waals surface area (Å²) in [6.07, 6.45) is 8.70. The highest BCUT2D eigenvalue weighted by Gasteiger charge is 2.14. The number of nitrogens with one attached hydrogen (secondary N) is 1. The molecule has 0 radical (unpaired) electrons. The summed E-state index contributed by atoms with van der Waals surface area (Å²) in [5.41, 5.74) is 6.92. The van der Waals surface area contributed by atoms with Crippen LogP contribution in [-0.2, 0) is 6.42 Å². The van der Waals surface area contributed by atoms with Crippen molar-refractivity contribution in [3.63, 3.8) is 0 Å². The summed E-state index contributed by atoms with van der Waals surface area (Å²) in [7, 11) is 0. The fourth-order valence-electron chi connectivity index (χ4n) is 2.73. The molecule has 5 heteroatoms. The minimum absolute atomic E-state index is 0.0617. The van der Waals surface area contributed by atoms with Crippen molar-refractivity contribution in [3.05, 3.63) is 30.1 Å². The number of aromatic nitrogens is 1. The number of aliphatic imine (C=N–C) groups is 1. The average Bonchev–Trinajstić information content (AvgIpc) is 2.53. The third kappa shape index (κ3) is 5.71. The van der Waals surface area contributed by atoms with Crippen molar-refractivity contribution in [2.75, 3.05) is 13.2 Å². The van der Waals surface area contributed by atoms with Crippen LogP contribution in [0.15, 0.2) is 29.4 Å². The molecule has 1 aliphatic carbocycles. The maximum Gasteiger partial charge on any atom is 0.188 e. The molecule has 0 saturated heterocycles. The summed E-state index contributed by atoms with van der Waals surface area (Å²) in [4.78, 5) is 8.66. The molecule has 1 aromatic rings. The van der Waals surface area contributed by atoms with Crippen molar-refractivity contribution >= 4 is 5.96 Å². The molecule has 0 spiro atoms. The molecule has 0 amide bonds. The van der Waals surface area contributed by atoms with Crippen molar-refractivity contribution in [2.24, 2.45) is 16.6 Å². The minimum Gasteiger partial charge on any atom is -0.396 e. The second-order valence-corrected chi connectivity index (χ2v) is 5.78. The van der Waals surface area contributed by atoms with E-state index in [-0.39, 0.29) is 12.5 Å². The quantitative estimate of drug-likeness (QED) is 0.547. The van der Waals surface area contributed by atoms with Crippen LogP contribution in [0.4, 0.5) is 0 Å². The maximum absolute atomic E-state index is 9.46. The van der Waals surface area contributed by atoms with Crippen LogP contribution in [0.25, 0.3) is 0 Å². The number of rotatable bonds is 6. The Kier molecular flexibility index (Phi) is 6.47. The van der Waals surface area contributed by atoms with E-state index in [1.807, 2.05) is 18.2 Å². The Bertz CT molecular complexity index is 429. The van der Waals surface area contributed by atoms with Crippen LogP contribution in [0.1, 0.15) is 37.8 Å². The van der Waals surface area contributed by atoms with Gasteiger partial charge in [0.2, 0.25) is 0 Å². The monoisotopic (exact) mass is 290 g/mol. The van der Waals surface area contributed by atoms with Gasteiger partial charge in [0.15, 0.2) is 5.96 Å². The lowest BCUT2D eigenvalue weighted by molar-refractivity contribution is 0.229. The summed E-state index contributed by atoms with van der Waals surface area (Å²) in [6.45, 7) is 0.620. The summed E-state index contributed by atoms with van der Waals surface area (Å²) < 4.78 is 0. The molecule has 1 aromatic heterocycles. The lowest BCUT2D eigenvalue weighted by Gasteiger charge is -2.23. The number of hydrogen-bond donors (Lipinski definition) is 3. The van der Waals surface area contributed by atoms with E-state index in [0.29, 0.717) is 18.5 Å². The van der Waals surface area contributed by atoms with Crippen LogP contribution in [-0.4, -0.2) is 35.2 Å². The van der Waals surface area contributed by atoms with Crippen molar-refractivity contribution in [2.45, 2.75) is 44.6 Å². The van der Waals surface area contributed by atoms with Crippen LogP contribution in [0.5, 0.6) is 0 Å². The lowest BCUT2D eigenvalue weighted by Crippen LogP contribution is -2.41. The number of aliphatic hydroxyl groups is 1. The van der Waals surface area contributed by atoms with Crippen LogP contribution >= 0.6 is 0 Å². The molecule has 0 bridgehead atoms. The summed E-state index contributed by atoms with van der Waals surface area (Å²) in [5.74, 6) is 0.563. The van der Waals surface area contributed by atoms with E-state index in [1.54, 1.807) is 6.20 Å². The summed E-state index contributed by atoms with van der Waals surface area (Å²) >= 11 is 0. The van der Waals surface area contributed by atoms with Crippen molar-refractivity contribution < 1.29 is 5.11 Å². The van der Waals surface area contributed by atoms with Gasteiger partial charge in [-0.2, -0.15) is 0 Å². The molecule has 0 aromatic carbocycles. The van der Waals surface area contributed by atoms with E-state index in [9.17, 15) is 5.11 Å². The van der Waals surface area contributed by atoms with Gasteiger partial charge in [0.1, 0.15) is 0 Å². The lowest BCUT2D eigenvalue weighted by atomic mass is 9.96. The molecule has 1 heterocycles. The Morgan fingerprint density at radius 3 is 2.86 bits per heavy atom. The van der Waals surface area contributed by atoms with Gasteiger partial charge in [-0.05, 0) is 31.4 Å². The van der Waals surface area contributed by atoms with Gasteiger partial charge in [0.25, 0.3) is 0 Å². The highest BCUT2D eigenvalue weighted by atomic mass is 16.3. The molecule has 1 fully saturated rings. The predicted octanol–water partition coefficient (Wildman–Crippen LogP) is 1.47. The smallest absolute Gasteiger partial charge is 0.188 e. The summed E-state index contributed by atoms with van der Waals surface area (Å²) in [5, 5.41) is 12.8. The van der Waals surface area contributed by atoms with Gasteiger partial charge in [-0.3, -0.25) is 9.98 Å². The van der Waals surface area contributed by atoms with Crippen molar-refractivity contribution in [1.29, 1.82) is 0 Å². The number of guanidine groups is 1. The molecule has 21 heavy (non-hydrogen) atoms. The highest BCUT2D eigenvalue weighted by molar-refractivity contribution is 5.78. The van der Waals surface area contributed by atoms with E-state index in [2.05, 4.69) is 15.3 Å². The van der Waals surface area contributed by atoms with E-state index < -0.39 is 0 Å². The predicted molar refractivity (Wildman–Crippen MR) is 85.0 cm³/mol. The third-order valence-corrected chi connectivity index (χ3v) is 3.96. The number of nitrogens with zero attached hydrogens (tertiary/aromatic N) is 2. The van der Waals surface area contributed by atoms with Crippen molar-refractivity contribution in [3.8, 4) is 0 Å². The first-order chi connectivity index (χ1) is 10.3. The third-order valence-electron chi connectivity index (χ3n) is 3.96. The van der Waals surface area contributed by atoms with Gasteiger partial charge in [-0.1, -0.05) is 25.3 Å². The zero-order valence-electron chi connectivity index (χ0n) is 12.5. The van der Waals surface area contributed by atoms with E-state index in [0.717, 1.165) is 12.1 Å². The minimum atomic E-state index is 0.0617. The normalized spacial score (nSPS) is 18.4. The fraction of sp³-hybridized carbons (Fsp3) is 0.625. The molecule has 0 aliphatic heterocycles. The second-order valence-electron chi connectivity index (χ2n) is 5.78. The van der Waals surface area contributed by atoms with Gasteiger partial charge in [-0.25, -0.2) is 0 Å². The molecule has 1 saturated carbocycles. The van der Waals surface area contributed by atoms with Gasteiger partial charge >= 0.3 is 0 Å². The fourth-order valence-corrected chi connectivity index (χ4v) is 2.73. The topological polar surface area (TPSA) is 83.5 Å². The van der Waals surface area contributed by atoms with E-state index >= 15 is 0 Å². The average molecular weight is 290 g/mol. The van der Waals surface area contributed by atoms with Gasteiger partial charge in [-0.15, -0.1) is 0 Å². The molecule has 5 nitrogen and oxygen atoms in total. The Labute approximate surface area is 126 Å². The Morgan fingerprint density at radius 1 is 1.38 bits per heavy atom. The molecule has 4 N–H and O–H groups in total. The van der Waals surface area contributed by atoms with Crippen LogP contribution in [0, 0.1) is 5.92 Å². The zero-order valence-corrected chi connectivity index (χ0v) is 12.5. The first-order valence-electron chi connectivity index (χ1n) is 7.85. The first kappa shape index (κ1) is 15.8. The Hall–Kier alpha value is -1.62. The highest BCUT2D eigenvalue weighted by Crippen LogP contribution is 2.17. The van der Waals surface area contributed by atoms with Crippen LogP contribution in [0.2, 0.25) is 0 Å². The number of aliphatic hydroxyl groups excluding tert-OH is 1. The van der Waals surface area contributed by atoms with Crippen molar-refractivity contribution in [1.82, 2.24) is 10.3 Å². The number of hydrogen-bond acceptors (Lipinski definition) is 3. The number of nitrogens with two attached hydrogens (primary N) is 1. The Morgan fingerprint density at radius 2 is 2.19 bits per heavy atom. The Balaban J connectivity index is 1.79. The van der Waals surface area contributed by atoms with E-state index in [1.165, 1.54) is 32.1 Å². The summed E-state index contributed by atoms with van der Waals surface area (Å²) in [6, 6.07) is 6.28. The van der Waals surface area contributed by atoms with E-state index in [4.69, 9.17) is 5.73 Å². The van der Waals surface area contributed by atoms with Gasteiger partial charge in [0, 0.05) is 37.0 Å². The molecule has 116 valence electrons. The molecule has 1 atom stereocenters. The second kappa shape index (κ2) is 8.62. The molecule has 1 unspecified atom stereocenters. The zero-order chi connectivity index (χ0) is 14.9. The standard InChI is InChI=1S/C16H26N4O/c17-16(20-14-6-2-1-3-7-14)19-11-13(12-21)10-15-8-4-5-9-18-15/h4-5,8-9,13-14,21H,1-3,6-7,10-12H2,(H3,17,19,20). The van der Waals surface area contributed by atoms with Crippen LogP contribution in [0.3, 0.4) is 0 Å². The first-order valence-corrected chi connectivity index (χ1v) is 7.85. The SMILES string of the molecule is NC(=NCC(CO)Cc1ccccn1)NC1CCCCC1. The van der Waals surface area contributed by atoms with Crippen LogP contribution < -0.4 is 11.1 Å². The molecule has 2 rings (SSSR count). The van der Waals surface area contributed by atoms with Gasteiger partial charge in [0.05, 0.1) is 0 Å². The van der Waals surface area contributed by atoms with Gasteiger partial charge < -0.3 is 16.2 Å². The number of pyridine rings is 1. The molecular formula is C16H26N4O. The molecule has 1 aliphatic rings. The largest absolute Gasteiger partial charge is 0.396 e. The maximum atomic E-state index is 9.46. The molecular weight excluding hydrogens is 264 g/mol.